The van der Waals surface area contributed by atoms with Crippen molar-refractivity contribution in [3.05, 3.63) is 89.2 Å². The minimum absolute atomic E-state index is 0.0696. The number of carbonyl (C=O) groups excluding carboxylic acids is 2. The zero-order valence-corrected chi connectivity index (χ0v) is 18.4. The van der Waals surface area contributed by atoms with Gasteiger partial charge in [-0.2, -0.15) is 10.2 Å². The van der Waals surface area contributed by atoms with Crippen molar-refractivity contribution in [3.8, 4) is 17.8 Å². The van der Waals surface area contributed by atoms with Crippen molar-refractivity contribution in [2.75, 3.05) is 0 Å². The predicted molar refractivity (Wildman–Crippen MR) is 120 cm³/mol. The number of esters is 1. The molecule has 0 saturated carbocycles. The maximum atomic E-state index is 12.5. The smallest absolute Gasteiger partial charge is 0.344 e. The number of rotatable bonds is 7. The Balaban J connectivity index is 0.00000233. The second-order valence-corrected chi connectivity index (χ2v) is 6.04. The number of allylic oxidation sites excluding steroid dienone is 4. The van der Waals surface area contributed by atoms with Crippen molar-refractivity contribution in [1.82, 2.24) is 4.98 Å². The monoisotopic (exact) mass is 418 g/mol. The Morgan fingerprint density at radius 2 is 1.77 bits per heavy atom. The van der Waals surface area contributed by atoms with E-state index in [1.54, 1.807) is 12.1 Å². The minimum Gasteiger partial charge on any atom is -0.439 e. The SMILES string of the molecule is C=C(Oc1ccc(C#N)c(OC(=O)c2cccc(C(C)=O)c2)n1)/C(C)=C/C=C\C.CC. The van der Waals surface area contributed by atoms with Crippen LogP contribution >= 0.6 is 0 Å². The molecule has 1 aromatic carbocycles. The molecule has 0 N–H and O–H groups in total. The van der Waals surface area contributed by atoms with Crippen LogP contribution in [0.2, 0.25) is 0 Å². The first kappa shape index (κ1) is 25.1. The van der Waals surface area contributed by atoms with Crippen LogP contribution in [0.25, 0.3) is 0 Å². The summed E-state index contributed by atoms with van der Waals surface area (Å²) in [6.45, 7) is 13.0. The van der Waals surface area contributed by atoms with Gasteiger partial charge >= 0.3 is 5.97 Å². The van der Waals surface area contributed by atoms with Crippen molar-refractivity contribution >= 4 is 11.8 Å². The molecule has 0 aliphatic carbocycles. The maximum absolute atomic E-state index is 12.5. The van der Waals surface area contributed by atoms with E-state index in [4.69, 9.17) is 9.47 Å². The van der Waals surface area contributed by atoms with Gasteiger partial charge in [0.1, 0.15) is 17.4 Å². The molecule has 2 aromatic rings. The number of hydrogen-bond acceptors (Lipinski definition) is 6. The average molecular weight is 418 g/mol. The van der Waals surface area contributed by atoms with Crippen LogP contribution in [0.15, 0.2) is 72.5 Å². The highest BCUT2D eigenvalue weighted by molar-refractivity contribution is 5.98. The normalized spacial score (nSPS) is 10.5. The van der Waals surface area contributed by atoms with Gasteiger partial charge in [0.25, 0.3) is 0 Å². The number of ether oxygens (including phenoxy) is 2. The Morgan fingerprint density at radius 3 is 2.39 bits per heavy atom. The molecule has 0 saturated heterocycles. The summed E-state index contributed by atoms with van der Waals surface area (Å²) in [4.78, 5) is 28.1. The van der Waals surface area contributed by atoms with Crippen LogP contribution in [-0.2, 0) is 0 Å². The van der Waals surface area contributed by atoms with E-state index >= 15 is 0 Å². The largest absolute Gasteiger partial charge is 0.439 e. The van der Waals surface area contributed by atoms with Crippen LogP contribution in [-0.4, -0.2) is 16.7 Å². The molecule has 0 aliphatic rings. The third kappa shape index (κ3) is 7.41. The summed E-state index contributed by atoms with van der Waals surface area (Å²) >= 11 is 0. The Bertz CT molecular complexity index is 1060. The Morgan fingerprint density at radius 1 is 1.10 bits per heavy atom. The molecule has 6 heteroatoms. The third-order valence-corrected chi connectivity index (χ3v) is 3.86. The molecule has 2 rings (SSSR count). The molecule has 0 bridgehead atoms. The molecule has 6 nitrogen and oxygen atoms in total. The zero-order valence-electron chi connectivity index (χ0n) is 18.4. The molecule has 0 fully saturated rings. The Hall–Kier alpha value is -3.98. The van der Waals surface area contributed by atoms with Crippen LogP contribution in [0.4, 0.5) is 0 Å². The minimum atomic E-state index is -0.739. The van der Waals surface area contributed by atoms with Gasteiger partial charge in [0.15, 0.2) is 5.78 Å². The van der Waals surface area contributed by atoms with Gasteiger partial charge < -0.3 is 9.47 Å². The topological polar surface area (TPSA) is 89.3 Å². The molecule has 0 spiro atoms. The number of benzene rings is 1. The molecule has 1 heterocycles. The molecule has 0 amide bonds. The highest BCUT2D eigenvalue weighted by Crippen LogP contribution is 2.23. The van der Waals surface area contributed by atoms with Gasteiger partial charge in [0.2, 0.25) is 11.8 Å². The molecular weight excluding hydrogens is 392 g/mol. The van der Waals surface area contributed by atoms with E-state index in [1.807, 2.05) is 52.0 Å². The van der Waals surface area contributed by atoms with Crippen molar-refractivity contribution in [2.45, 2.75) is 34.6 Å². The lowest BCUT2D eigenvalue weighted by Crippen LogP contribution is -2.12. The standard InChI is InChI=1S/C23H20N2O4.C2H6/c1-5-6-8-15(2)17(4)28-21-12-11-20(14-24)22(25-21)29-23(27)19-10-7-9-18(13-19)16(3)26;1-2/h5-13H,4H2,1-3H3;1-2H3/b6-5-,15-8+;. The predicted octanol–water partition coefficient (Wildman–Crippen LogP) is 5.82. The van der Waals surface area contributed by atoms with Crippen molar-refractivity contribution in [3.63, 3.8) is 0 Å². The van der Waals surface area contributed by atoms with E-state index in [-0.39, 0.29) is 28.7 Å². The van der Waals surface area contributed by atoms with E-state index in [0.29, 0.717) is 11.3 Å². The number of nitriles is 1. The van der Waals surface area contributed by atoms with Gasteiger partial charge in [-0.3, -0.25) is 4.79 Å². The van der Waals surface area contributed by atoms with Gasteiger partial charge in [0.05, 0.1) is 5.56 Å². The summed E-state index contributed by atoms with van der Waals surface area (Å²) in [5, 5.41) is 9.28. The highest BCUT2D eigenvalue weighted by atomic mass is 16.5. The van der Waals surface area contributed by atoms with Crippen molar-refractivity contribution < 1.29 is 19.1 Å². The average Bonchev–Trinajstić information content (AvgIpc) is 2.79. The molecule has 0 atom stereocenters. The number of hydrogen-bond donors (Lipinski definition) is 0. The second kappa shape index (κ2) is 12.6. The molecular formula is C25H26N2O4. The van der Waals surface area contributed by atoms with Gasteiger partial charge in [-0.15, -0.1) is 0 Å². The van der Waals surface area contributed by atoms with Gasteiger partial charge in [-0.1, -0.05) is 50.8 Å². The summed E-state index contributed by atoms with van der Waals surface area (Å²) in [6, 6.07) is 11.0. The highest BCUT2D eigenvalue weighted by Gasteiger charge is 2.16. The van der Waals surface area contributed by atoms with Crippen LogP contribution < -0.4 is 9.47 Å². The lowest BCUT2D eigenvalue weighted by molar-refractivity contribution is 0.0726. The molecule has 160 valence electrons. The first-order valence-electron chi connectivity index (χ1n) is 9.76. The van der Waals surface area contributed by atoms with Crippen LogP contribution in [0.3, 0.4) is 0 Å². The summed E-state index contributed by atoms with van der Waals surface area (Å²) in [6.07, 6.45) is 5.54. The van der Waals surface area contributed by atoms with Crippen LogP contribution in [0.1, 0.15) is 60.9 Å². The summed E-state index contributed by atoms with van der Waals surface area (Å²) < 4.78 is 10.9. The van der Waals surface area contributed by atoms with E-state index < -0.39 is 5.97 Å². The lowest BCUT2D eigenvalue weighted by atomic mass is 10.1. The quantitative estimate of drug-likeness (QED) is 0.244. The number of carbonyl (C=O) groups is 2. The van der Waals surface area contributed by atoms with Gasteiger partial charge in [0, 0.05) is 11.6 Å². The number of ketones is 1. The van der Waals surface area contributed by atoms with Gasteiger partial charge in [-0.05, 0) is 44.5 Å². The summed E-state index contributed by atoms with van der Waals surface area (Å²) in [5.41, 5.74) is 1.41. The number of aromatic nitrogens is 1. The van der Waals surface area contributed by atoms with E-state index in [9.17, 15) is 14.9 Å². The van der Waals surface area contributed by atoms with Crippen LogP contribution in [0.5, 0.6) is 11.8 Å². The fraction of sp³-hybridized carbons (Fsp3) is 0.200. The second-order valence-electron chi connectivity index (χ2n) is 6.04. The fourth-order valence-corrected chi connectivity index (χ4v) is 2.20. The molecule has 0 aliphatic heterocycles. The van der Waals surface area contributed by atoms with Crippen molar-refractivity contribution in [1.29, 1.82) is 5.26 Å². The lowest BCUT2D eigenvalue weighted by Gasteiger charge is -2.10. The van der Waals surface area contributed by atoms with E-state index in [2.05, 4.69) is 11.6 Å². The molecule has 0 unspecified atom stereocenters. The first-order valence-corrected chi connectivity index (χ1v) is 9.76. The third-order valence-electron chi connectivity index (χ3n) is 3.86. The fourth-order valence-electron chi connectivity index (χ4n) is 2.20. The van der Waals surface area contributed by atoms with Crippen LogP contribution in [0, 0.1) is 11.3 Å². The zero-order chi connectivity index (χ0) is 23.4. The van der Waals surface area contributed by atoms with Crippen molar-refractivity contribution in [2.24, 2.45) is 0 Å². The first-order chi connectivity index (χ1) is 14.8. The number of Topliss-reactive ketones (excluding diaryl/α,β-unsaturated/α-hetero) is 1. The Kier molecular flexibility index (Phi) is 10.1. The summed E-state index contributed by atoms with van der Waals surface area (Å²) in [7, 11) is 0. The maximum Gasteiger partial charge on any atom is 0.344 e. The Labute approximate surface area is 183 Å². The summed E-state index contributed by atoms with van der Waals surface area (Å²) in [5.74, 6) is -0.608. The van der Waals surface area contributed by atoms with E-state index in [0.717, 1.165) is 5.57 Å². The van der Waals surface area contributed by atoms with E-state index in [1.165, 1.54) is 31.2 Å². The number of nitrogens with zero attached hydrogens (tertiary/aromatic N) is 2. The molecule has 1 aromatic heterocycles. The van der Waals surface area contributed by atoms with Gasteiger partial charge in [-0.25, -0.2) is 4.79 Å². The number of pyridine rings is 1. The molecule has 31 heavy (non-hydrogen) atoms. The molecule has 0 radical (unpaired) electrons.